The Morgan fingerprint density at radius 3 is 2.85 bits per heavy atom. The SMILES string of the molecule is Fc1cccc(COc2ccc(Nc3ccnc(SCCCN4CCOCC4)n3)cc2Cl)c1. The van der Waals surface area contributed by atoms with E-state index in [0.29, 0.717) is 16.6 Å². The second-order valence-corrected chi connectivity index (χ2v) is 9.04. The predicted molar refractivity (Wildman–Crippen MR) is 130 cm³/mol. The lowest BCUT2D eigenvalue weighted by atomic mass is 10.2. The molecule has 0 atom stereocenters. The molecule has 3 aromatic rings. The molecular weight excluding hydrogens is 463 g/mol. The average Bonchev–Trinajstić information content (AvgIpc) is 2.82. The summed E-state index contributed by atoms with van der Waals surface area (Å²) in [5.74, 6) is 1.90. The van der Waals surface area contributed by atoms with E-state index in [9.17, 15) is 4.39 Å². The third-order valence-electron chi connectivity index (χ3n) is 5.07. The minimum absolute atomic E-state index is 0.238. The predicted octanol–water partition coefficient (Wildman–Crippen LogP) is 5.41. The summed E-state index contributed by atoms with van der Waals surface area (Å²) < 4.78 is 24.4. The molecular formula is C24H26ClFN4O2S. The van der Waals surface area contributed by atoms with Crippen LogP contribution in [0.4, 0.5) is 15.9 Å². The second kappa shape index (κ2) is 12.2. The molecule has 174 valence electrons. The summed E-state index contributed by atoms with van der Waals surface area (Å²) in [6.45, 7) is 4.99. The van der Waals surface area contributed by atoms with Gasteiger partial charge in [-0.3, -0.25) is 4.90 Å². The first kappa shape index (κ1) is 23.8. The molecule has 0 radical (unpaired) electrons. The number of hydrogen-bond acceptors (Lipinski definition) is 7. The number of nitrogens with zero attached hydrogens (tertiary/aromatic N) is 3. The lowest BCUT2D eigenvalue weighted by molar-refractivity contribution is 0.0381. The van der Waals surface area contributed by atoms with Crippen LogP contribution in [0.25, 0.3) is 0 Å². The van der Waals surface area contributed by atoms with Gasteiger partial charge in [0.05, 0.1) is 18.2 Å². The van der Waals surface area contributed by atoms with E-state index < -0.39 is 0 Å². The highest BCUT2D eigenvalue weighted by atomic mass is 35.5. The van der Waals surface area contributed by atoms with Crippen LogP contribution in [0.2, 0.25) is 5.02 Å². The van der Waals surface area contributed by atoms with Crippen LogP contribution in [0.1, 0.15) is 12.0 Å². The Balaban J connectivity index is 1.27. The standard InChI is InChI=1S/C24H26ClFN4O2S/c25-21-16-20(5-6-22(21)32-17-18-3-1-4-19(26)15-18)28-23-7-8-27-24(29-23)33-14-2-9-30-10-12-31-13-11-30/h1,3-8,15-16H,2,9-14,17H2,(H,27,28,29). The van der Waals surface area contributed by atoms with E-state index >= 15 is 0 Å². The number of aromatic nitrogens is 2. The van der Waals surface area contributed by atoms with E-state index in [-0.39, 0.29) is 12.4 Å². The molecule has 1 N–H and O–H groups in total. The molecule has 0 aliphatic carbocycles. The number of thioether (sulfide) groups is 1. The van der Waals surface area contributed by atoms with Gasteiger partial charge in [0.25, 0.3) is 0 Å². The summed E-state index contributed by atoms with van der Waals surface area (Å²) in [6, 6.07) is 13.5. The fraction of sp³-hybridized carbons (Fsp3) is 0.333. The van der Waals surface area contributed by atoms with Crippen LogP contribution in [-0.4, -0.2) is 53.5 Å². The maximum absolute atomic E-state index is 13.3. The van der Waals surface area contributed by atoms with Crippen LogP contribution < -0.4 is 10.1 Å². The third kappa shape index (κ3) is 7.57. The zero-order valence-corrected chi connectivity index (χ0v) is 19.7. The van der Waals surface area contributed by atoms with E-state index in [1.807, 2.05) is 12.1 Å². The Kier molecular flexibility index (Phi) is 8.77. The van der Waals surface area contributed by atoms with Crippen LogP contribution in [0.15, 0.2) is 59.9 Å². The van der Waals surface area contributed by atoms with Gasteiger partial charge < -0.3 is 14.8 Å². The summed E-state index contributed by atoms with van der Waals surface area (Å²) in [4.78, 5) is 11.4. The van der Waals surface area contributed by atoms with E-state index in [1.54, 1.807) is 42.2 Å². The Morgan fingerprint density at radius 2 is 2.03 bits per heavy atom. The van der Waals surface area contributed by atoms with Crippen molar-refractivity contribution in [3.05, 3.63) is 71.1 Å². The fourth-order valence-electron chi connectivity index (χ4n) is 3.39. The minimum atomic E-state index is -0.291. The molecule has 2 heterocycles. The van der Waals surface area contributed by atoms with Crippen molar-refractivity contribution in [3.8, 4) is 5.75 Å². The zero-order chi connectivity index (χ0) is 22.9. The number of halogens is 2. The number of anilines is 2. The van der Waals surface area contributed by atoms with Crippen molar-refractivity contribution < 1.29 is 13.9 Å². The Bertz CT molecular complexity index is 1050. The first-order valence-corrected chi connectivity index (χ1v) is 12.2. The topological polar surface area (TPSA) is 59.5 Å². The molecule has 9 heteroatoms. The van der Waals surface area contributed by atoms with Gasteiger partial charge in [0, 0.05) is 30.7 Å². The average molecular weight is 489 g/mol. The van der Waals surface area contributed by atoms with Crippen molar-refractivity contribution in [3.63, 3.8) is 0 Å². The van der Waals surface area contributed by atoms with Gasteiger partial charge in [-0.25, -0.2) is 14.4 Å². The highest BCUT2D eigenvalue weighted by Gasteiger charge is 2.10. The monoisotopic (exact) mass is 488 g/mol. The van der Waals surface area contributed by atoms with E-state index in [4.69, 9.17) is 21.1 Å². The maximum Gasteiger partial charge on any atom is 0.189 e. The summed E-state index contributed by atoms with van der Waals surface area (Å²) in [5, 5.41) is 4.46. The number of hydrogen-bond donors (Lipinski definition) is 1. The second-order valence-electron chi connectivity index (χ2n) is 7.57. The van der Waals surface area contributed by atoms with E-state index in [2.05, 4.69) is 20.2 Å². The van der Waals surface area contributed by atoms with Gasteiger partial charge in [0.15, 0.2) is 5.16 Å². The summed E-state index contributed by atoms with van der Waals surface area (Å²) in [6.07, 6.45) is 2.83. The largest absolute Gasteiger partial charge is 0.487 e. The number of rotatable bonds is 10. The van der Waals surface area contributed by atoms with Crippen LogP contribution in [-0.2, 0) is 11.3 Å². The highest BCUT2D eigenvalue weighted by Crippen LogP contribution is 2.30. The molecule has 6 nitrogen and oxygen atoms in total. The van der Waals surface area contributed by atoms with Crippen molar-refractivity contribution in [1.82, 2.24) is 14.9 Å². The molecule has 4 rings (SSSR count). The van der Waals surface area contributed by atoms with Crippen molar-refractivity contribution >= 4 is 34.9 Å². The maximum atomic E-state index is 13.3. The van der Waals surface area contributed by atoms with Gasteiger partial charge in [0.1, 0.15) is 24.0 Å². The van der Waals surface area contributed by atoms with Gasteiger partial charge in [-0.15, -0.1) is 0 Å². The molecule has 2 aromatic carbocycles. The number of ether oxygens (including phenoxy) is 2. The van der Waals surface area contributed by atoms with Crippen LogP contribution >= 0.6 is 23.4 Å². The molecule has 33 heavy (non-hydrogen) atoms. The summed E-state index contributed by atoms with van der Waals surface area (Å²) in [7, 11) is 0. The number of benzene rings is 2. The van der Waals surface area contributed by atoms with Crippen molar-refractivity contribution in [1.29, 1.82) is 0 Å². The molecule has 1 fully saturated rings. The first-order valence-electron chi connectivity index (χ1n) is 10.9. The molecule has 0 amide bonds. The van der Waals surface area contributed by atoms with Crippen molar-refractivity contribution in [2.24, 2.45) is 0 Å². The van der Waals surface area contributed by atoms with Gasteiger partial charge >= 0.3 is 0 Å². The van der Waals surface area contributed by atoms with Crippen molar-refractivity contribution in [2.45, 2.75) is 18.2 Å². The summed E-state index contributed by atoms with van der Waals surface area (Å²) in [5.41, 5.74) is 1.53. The molecule has 1 aliphatic rings. The normalized spacial score (nSPS) is 14.2. The van der Waals surface area contributed by atoms with Gasteiger partial charge in [-0.1, -0.05) is 35.5 Å². The van der Waals surface area contributed by atoms with Crippen molar-refractivity contribution in [2.75, 3.05) is 43.9 Å². The zero-order valence-electron chi connectivity index (χ0n) is 18.2. The lowest BCUT2D eigenvalue weighted by Gasteiger charge is -2.26. The summed E-state index contributed by atoms with van der Waals surface area (Å²) >= 11 is 8.04. The smallest absolute Gasteiger partial charge is 0.189 e. The number of morpholine rings is 1. The van der Waals surface area contributed by atoms with Gasteiger partial charge in [-0.2, -0.15) is 0 Å². The molecule has 0 spiro atoms. The molecule has 0 bridgehead atoms. The fourth-order valence-corrected chi connectivity index (χ4v) is 4.38. The van der Waals surface area contributed by atoms with Gasteiger partial charge in [-0.05, 0) is 54.9 Å². The minimum Gasteiger partial charge on any atom is -0.487 e. The molecule has 0 saturated carbocycles. The molecule has 0 unspecified atom stereocenters. The Morgan fingerprint density at radius 1 is 1.15 bits per heavy atom. The van der Waals surface area contributed by atoms with Crippen LogP contribution in [0.3, 0.4) is 0 Å². The quantitative estimate of drug-likeness (QED) is 0.233. The Hall–Kier alpha value is -2.39. The molecule has 1 aliphatic heterocycles. The Labute approximate surface area is 202 Å². The van der Waals surface area contributed by atoms with E-state index in [0.717, 1.165) is 61.4 Å². The highest BCUT2D eigenvalue weighted by molar-refractivity contribution is 7.99. The first-order chi connectivity index (χ1) is 16.2. The van der Waals surface area contributed by atoms with Gasteiger partial charge in [0.2, 0.25) is 0 Å². The molecule has 1 saturated heterocycles. The van der Waals surface area contributed by atoms with E-state index in [1.165, 1.54) is 12.1 Å². The van der Waals surface area contributed by atoms with Crippen LogP contribution in [0, 0.1) is 5.82 Å². The van der Waals surface area contributed by atoms with Crippen LogP contribution in [0.5, 0.6) is 5.75 Å². The third-order valence-corrected chi connectivity index (χ3v) is 6.32. The molecule has 1 aromatic heterocycles. The lowest BCUT2D eigenvalue weighted by Crippen LogP contribution is -2.36. The number of nitrogens with one attached hydrogen (secondary N) is 1.